The van der Waals surface area contributed by atoms with Crippen LogP contribution in [0.2, 0.25) is 0 Å². The highest BCUT2D eigenvalue weighted by Crippen LogP contribution is 2.27. The van der Waals surface area contributed by atoms with E-state index in [0.29, 0.717) is 6.42 Å². The Morgan fingerprint density at radius 1 is 1.05 bits per heavy atom. The second-order valence-electron chi connectivity index (χ2n) is 5.13. The van der Waals surface area contributed by atoms with Gasteiger partial charge in [0, 0.05) is 5.57 Å². The molecule has 4 heteroatoms. The lowest BCUT2D eigenvalue weighted by Gasteiger charge is -2.10. The number of hydrogen-bond donors (Lipinski definition) is 0. The maximum Gasteiger partial charge on any atom is 0.412 e. The molecule has 0 aromatic heterocycles. The van der Waals surface area contributed by atoms with Crippen molar-refractivity contribution in [2.24, 2.45) is 0 Å². The monoisotopic (exact) mass is 316 g/mol. The SMILES string of the molecule is C=C(CCc1ccc(CCCSCCC)cc1)C(F)(F)F. The van der Waals surface area contributed by atoms with Gasteiger partial charge in [0.05, 0.1) is 0 Å². The molecule has 0 bridgehead atoms. The lowest BCUT2D eigenvalue weighted by atomic mass is 10.0. The second kappa shape index (κ2) is 9.19. The van der Waals surface area contributed by atoms with E-state index in [4.69, 9.17) is 0 Å². The van der Waals surface area contributed by atoms with Gasteiger partial charge >= 0.3 is 6.18 Å². The Hall–Kier alpha value is -0.900. The van der Waals surface area contributed by atoms with Crippen LogP contribution >= 0.6 is 11.8 Å². The van der Waals surface area contributed by atoms with Crippen LogP contribution in [0, 0.1) is 0 Å². The van der Waals surface area contributed by atoms with Crippen LogP contribution in [0.1, 0.15) is 37.3 Å². The van der Waals surface area contributed by atoms with Gasteiger partial charge < -0.3 is 0 Å². The largest absolute Gasteiger partial charge is 0.412 e. The van der Waals surface area contributed by atoms with Crippen LogP contribution in [0.15, 0.2) is 36.4 Å². The molecule has 0 saturated carbocycles. The number of allylic oxidation sites excluding steroid dienone is 1. The predicted molar refractivity (Wildman–Crippen MR) is 85.9 cm³/mol. The molecule has 0 aliphatic carbocycles. The van der Waals surface area contributed by atoms with Crippen LogP contribution in [-0.4, -0.2) is 17.7 Å². The third kappa shape index (κ3) is 7.60. The summed E-state index contributed by atoms with van der Waals surface area (Å²) in [4.78, 5) is 0. The molecular formula is C17H23F3S. The number of benzene rings is 1. The molecule has 0 fully saturated rings. The van der Waals surface area contributed by atoms with Gasteiger partial charge in [0.25, 0.3) is 0 Å². The zero-order chi connectivity index (χ0) is 15.7. The van der Waals surface area contributed by atoms with Crippen LogP contribution in [-0.2, 0) is 12.8 Å². The van der Waals surface area contributed by atoms with E-state index in [2.05, 4.69) is 13.5 Å². The molecule has 0 aliphatic heterocycles. The lowest BCUT2D eigenvalue weighted by Crippen LogP contribution is -2.11. The van der Waals surface area contributed by atoms with Crippen molar-refractivity contribution >= 4 is 11.8 Å². The molecule has 21 heavy (non-hydrogen) atoms. The van der Waals surface area contributed by atoms with Gasteiger partial charge in [-0.25, -0.2) is 0 Å². The molecule has 0 atom stereocenters. The highest BCUT2D eigenvalue weighted by Gasteiger charge is 2.30. The summed E-state index contributed by atoms with van der Waals surface area (Å²) in [5.74, 6) is 2.38. The summed E-state index contributed by atoms with van der Waals surface area (Å²) in [5, 5.41) is 0. The highest BCUT2D eigenvalue weighted by molar-refractivity contribution is 7.99. The van der Waals surface area contributed by atoms with Crippen molar-refractivity contribution in [2.45, 2.75) is 45.2 Å². The van der Waals surface area contributed by atoms with Crippen molar-refractivity contribution in [1.29, 1.82) is 0 Å². The van der Waals surface area contributed by atoms with Crippen LogP contribution in [0.25, 0.3) is 0 Å². The molecular weight excluding hydrogens is 293 g/mol. The summed E-state index contributed by atoms with van der Waals surface area (Å²) >= 11 is 1.97. The van der Waals surface area contributed by atoms with E-state index in [9.17, 15) is 13.2 Å². The zero-order valence-corrected chi connectivity index (χ0v) is 13.3. The minimum Gasteiger partial charge on any atom is -0.167 e. The summed E-state index contributed by atoms with van der Waals surface area (Å²) in [6.07, 6.45) is -0.513. The molecule has 0 heterocycles. The first kappa shape index (κ1) is 18.1. The van der Waals surface area contributed by atoms with Crippen molar-refractivity contribution in [3.05, 3.63) is 47.5 Å². The standard InChI is InChI=1S/C17H23F3S/c1-3-12-21-13-4-5-15-8-10-16(11-9-15)7-6-14(2)17(18,19)20/h8-11H,2-7,12-13H2,1H3. The smallest absolute Gasteiger partial charge is 0.167 e. The van der Waals surface area contributed by atoms with Crippen LogP contribution in [0.5, 0.6) is 0 Å². The van der Waals surface area contributed by atoms with Gasteiger partial charge in [0.2, 0.25) is 0 Å². The molecule has 118 valence electrons. The number of hydrogen-bond acceptors (Lipinski definition) is 1. The Balaban J connectivity index is 2.32. The Bertz CT molecular complexity index is 421. The summed E-state index contributed by atoms with van der Waals surface area (Å²) in [7, 11) is 0. The third-order valence-corrected chi connectivity index (χ3v) is 4.52. The maximum atomic E-state index is 12.3. The Labute approximate surface area is 129 Å². The van der Waals surface area contributed by atoms with Gasteiger partial charge in [-0.05, 0) is 54.7 Å². The molecule has 0 N–H and O–H groups in total. The summed E-state index contributed by atoms with van der Waals surface area (Å²) in [6, 6.07) is 7.91. The van der Waals surface area contributed by atoms with Crippen molar-refractivity contribution in [1.82, 2.24) is 0 Å². The topological polar surface area (TPSA) is 0 Å². The van der Waals surface area contributed by atoms with Crippen LogP contribution in [0.4, 0.5) is 13.2 Å². The van der Waals surface area contributed by atoms with Crippen molar-refractivity contribution in [3.8, 4) is 0 Å². The Morgan fingerprint density at radius 3 is 2.14 bits per heavy atom. The Morgan fingerprint density at radius 2 is 1.62 bits per heavy atom. The first-order chi connectivity index (χ1) is 9.93. The lowest BCUT2D eigenvalue weighted by molar-refractivity contribution is -0.0935. The van der Waals surface area contributed by atoms with Crippen LogP contribution < -0.4 is 0 Å². The maximum absolute atomic E-state index is 12.3. The fourth-order valence-corrected chi connectivity index (χ4v) is 2.78. The van der Waals surface area contributed by atoms with Crippen molar-refractivity contribution in [3.63, 3.8) is 0 Å². The number of halogens is 3. The fraction of sp³-hybridized carbons (Fsp3) is 0.529. The molecule has 0 spiro atoms. The van der Waals surface area contributed by atoms with E-state index in [-0.39, 0.29) is 6.42 Å². The van der Waals surface area contributed by atoms with Crippen LogP contribution in [0.3, 0.4) is 0 Å². The van der Waals surface area contributed by atoms with E-state index in [0.717, 1.165) is 18.4 Å². The third-order valence-electron chi connectivity index (χ3n) is 3.24. The average molecular weight is 316 g/mol. The van der Waals surface area contributed by atoms with E-state index in [1.807, 2.05) is 36.0 Å². The summed E-state index contributed by atoms with van der Waals surface area (Å²) in [6.45, 7) is 5.28. The molecule has 1 rings (SSSR count). The number of alkyl halides is 3. The molecule has 1 aromatic carbocycles. The van der Waals surface area contributed by atoms with Gasteiger partial charge in [-0.15, -0.1) is 0 Å². The first-order valence-corrected chi connectivity index (χ1v) is 8.49. The molecule has 1 aromatic rings. The highest BCUT2D eigenvalue weighted by atomic mass is 32.2. The molecule has 0 saturated heterocycles. The van der Waals surface area contributed by atoms with Gasteiger partial charge in [0.1, 0.15) is 0 Å². The minimum atomic E-state index is -4.27. The molecule has 0 nitrogen and oxygen atoms in total. The van der Waals surface area contributed by atoms with Crippen molar-refractivity contribution < 1.29 is 13.2 Å². The molecule has 0 radical (unpaired) electrons. The van der Waals surface area contributed by atoms with Crippen molar-refractivity contribution in [2.75, 3.05) is 11.5 Å². The molecule has 0 aliphatic rings. The van der Waals surface area contributed by atoms with E-state index in [1.54, 1.807) is 0 Å². The quantitative estimate of drug-likeness (QED) is 0.409. The first-order valence-electron chi connectivity index (χ1n) is 7.34. The van der Waals surface area contributed by atoms with Gasteiger partial charge in [-0.3, -0.25) is 0 Å². The average Bonchev–Trinajstić information content (AvgIpc) is 2.44. The van der Waals surface area contributed by atoms with E-state index in [1.165, 1.54) is 23.5 Å². The van der Waals surface area contributed by atoms with Gasteiger partial charge in [-0.2, -0.15) is 24.9 Å². The summed E-state index contributed by atoms with van der Waals surface area (Å²) in [5.41, 5.74) is 1.54. The van der Waals surface area contributed by atoms with E-state index >= 15 is 0 Å². The second-order valence-corrected chi connectivity index (χ2v) is 6.36. The summed E-state index contributed by atoms with van der Waals surface area (Å²) < 4.78 is 37.0. The van der Waals surface area contributed by atoms with Gasteiger partial charge in [0.15, 0.2) is 0 Å². The molecule has 0 amide bonds. The minimum absolute atomic E-state index is 0.0312. The predicted octanol–water partition coefficient (Wildman–Crippen LogP) is 5.81. The number of aryl methyl sites for hydroxylation is 2. The normalized spacial score (nSPS) is 11.6. The fourth-order valence-electron chi connectivity index (χ4n) is 1.93. The Kier molecular flexibility index (Phi) is 7.94. The van der Waals surface area contributed by atoms with Gasteiger partial charge in [-0.1, -0.05) is 37.8 Å². The zero-order valence-electron chi connectivity index (χ0n) is 12.5. The number of thioether (sulfide) groups is 1. The van der Waals surface area contributed by atoms with E-state index < -0.39 is 11.7 Å². The number of rotatable bonds is 9. The molecule has 0 unspecified atom stereocenters.